The minimum Gasteiger partial charge on any atom is -0.390 e. The van der Waals surface area contributed by atoms with Crippen LogP contribution >= 0.6 is 0 Å². The lowest BCUT2D eigenvalue weighted by Crippen LogP contribution is -2.02. The van der Waals surface area contributed by atoms with Gasteiger partial charge in [0.05, 0.1) is 23.7 Å². The molecule has 3 N–H and O–H groups in total. The number of rotatable bonds is 8. The summed E-state index contributed by atoms with van der Waals surface area (Å²) in [6.45, 7) is 6.02. The summed E-state index contributed by atoms with van der Waals surface area (Å²) in [5.41, 5.74) is 4.91. The highest BCUT2D eigenvalue weighted by Crippen LogP contribution is 2.26. The van der Waals surface area contributed by atoms with E-state index >= 15 is 0 Å². The van der Waals surface area contributed by atoms with E-state index in [1.165, 1.54) is 6.21 Å². The normalized spacial score (nSPS) is 10.1. The average Bonchev–Trinajstić information content (AvgIpc) is 2.79. The number of pyridine rings is 1. The zero-order valence-electron chi connectivity index (χ0n) is 17.3. The first-order valence-electron chi connectivity index (χ1n) is 10.0. The third kappa shape index (κ3) is 6.19. The van der Waals surface area contributed by atoms with Gasteiger partial charge in [-0.2, -0.15) is 0 Å². The molecule has 0 amide bonds. The van der Waals surface area contributed by atoms with E-state index in [1.54, 1.807) is 12.3 Å². The molecule has 3 rings (SSSR count). The molecule has 0 spiro atoms. The number of nitrogens with one attached hydrogen (secondary N) is 2. The molecule has 0 unspecified atom stereocenters. The SMILES string of the molecule is CC.CCCCc1cccc(-c2ccc(C=N)c(Nc3nccc(CO)n3)c2)n1. The maximum atomic E-state index is 9.25. The number of aliphatic hydroxyl groups is 1. The molecule has 29 heavy (non-hydrogen) atoms. The van der Waals surface area contributed by atoms with Crippen LogP contribution in [0.4, 0.5) is 11.6 Å². The number of anilines is 2. The first-order valence-corrected chi connectivity index (χ1v) is 10.0. The van der Waals surface area contributed by atoms with E-state index in [4.69, 9.17) is 10.4 Å². The van der Waals surface area contributed by atoms with Crippen LogP contribution in [0.25, 0.3) is 11.3 Å². The molecule has 0 fully saturated rings. The molecule has 0 saturated heterocycles. The zero-order chi connectivity index (χ0) is 21.1. The third-order valence-electron chi connectivity index (χ3n) is 4.22. The molecule has 0 saturated carbocycles. The Morgan fingerprint density at radius 3 is 2.62 bits per heavy atom. The van der Waals surface area contributed by atoms with Crippen LogP contribution in [0.5, 0.6) is 0 Å². The lowest BCUT2D eigenvalue weighted by molar-refractivity contribution is 0.277. The summed E-state index contributed by atoms with van der Waals surface area (Å²) in [6, 6.07) is 13.5. The molecule has 0 radical (unpaired) electrons. The van der Waals surface area contributed by atoms with Crippen LogP contribution in [0.1, 0.15) is 50.6 Å². The average molecular weight is 392 g/mol. The molecule has 0 atom stereocenters. The van der Waals surface area contributed by atoms with Crippen LogP contribution in [0.15, 0.2) is 48.7 Å². The summed E-state index contributed by atoms with van der Waals surface area (Å²) < 4.78 is 0. The molecule has 0 aliphatic carbocycles. The number of benzene rings is 1. The summed E-state index contributed by atoms with van der Waals surface area (Å²) in [6.07, 6.45) is 6.10. The van der Waals surface area contributed by atoms with Crippen molar-refractivity contribution in [2.24, 2.45) is 0 Å². The summed E-state index contributed by atoms with van der Waals surface area (Å²) in [5, 5.41) is 20.0. The molecule has 2 aromatic heterocycles. The number of hydrogen-bond acceptors (Lipinski definition) is 6. The number of aryl methyl sites for hydroxylation is 1. The van der Waals surface area contributed by atoms with E-state index in [-0.39, 0.29) is 6.61 Å². The van der Waals surface area contributed by atoms with Crippen molar-refractivity contribution in [1.29, 1.82) is 5.41 Å². The molecule has 6 heteroatoms. The highest BCUT2D eigenvalue weighted by Gasteiger charge is 2.08. The van der Waals surface area contributed by atoms with Crippen molar-refractivity contribution < 1.29 is 5.11 Å². The van der Waals surface area contributed by atoms with Crippen molar-refractivity contribution in [2.75, 3.05) is 5.32 Å². The number of unbranched alkanes of at least 4 members (excludes halogenated alkanes) is 1. The Balaban J connectivity index is 0.00000145. The number of aliphatic hydroxyl groups excluding tert-OH is 1. The second-order valence-corrected chi connectivity index (χ2v) is 6.22. The first-order chi connectivity index (χ1) is 14.2. The molecule has 0 bridgehead atoms. The molecular formula is C23H29N5O. The number of hydrogen-bond donors (Lipinski definition) is 3. The summed E-state index contributed by atoms with van der Waals surface area (Å²) in [4.78, 5) is 13.2. The second-order valence-electron chi connectivity index (χ2n) is 6.22. The highest BCUT2D eigenvalue weighted by molar-refractivity contribution is 5.89. The molecule has 0 aliphatic rings. The Kier molecular flexibility index (Phi) is 8.92. The monoisotopic (exact) mass is 391 g/mol. The van der Waals surface area contributed by atoms with Gasteiger partial charge in [0.2, 0.25) is 5.95 Å². The number of nitrogens with zero attached hydrogens (tertiary/aromatic N) is 3. The number of aromatic nitrogens is 3. The fraction of sp³-hybridized carbons (Fsp3) is 0.304. The largest absolute Gasteiger partial charge is 0.390 e. The van der Waals surface area contributed by atoms with Crippen molar-refractivity contribution in [3.8, 4) is 11.3 Å². The molecule has 0 aliphatic heterocycles. The summed E-state index contributed by atoms with van der Waals surface area (Å²) in [5.74, 6) is 0.381. The molecule has 1 aromatic carbocycles. The van der Waals surface area contributed by atoms with Gasteiger partial charge in [0.15, 0.2) is 0 Å². The van der Waals surface area contributed by atoms with Gasteiger partial charge in [0.25, 0.3) is 0 Å². The van der Waals surface area contributed by atoms with Crippen LogP contribution in [0.3, 0.4) is 0 Å². The van der Waals surface area contributed by atoms with Gasteiger partial charge >= 0.3 is 0 Å². The van der Waals surface area contributed by atoms with Gasteiger partial charge < -0.3 is 15.8 Å². The lowest BCUT2D eigenvalue weighted by atomic mass is 10.1. The van der Waals surface area contributed by atoms with Crippen LogP contribution in [0, 0.1) is 5.41 Å². The molecule has 6 nitrogen and oxygen atoms in total. The minimum atomic E-state index is -0.150. The van der Waals surface area contributed by atoms with Crippen molar-refractivity contribution in [2.45, 2.75) is 46.6 Å². The maximum absolute atomic E-state index is 9.25. The Bertz CT molecular complexity index is 927. The van der Waals surface area contributed by atoms with E-state index in [9.17, 15) is 5.11 Å². The van der Waals surface area contributed by atoms with Crippen LogP contribution in [-0.2, 0) is 13.0 Å². The van der Waals surface area contributed by atoms with Gasteiger partial charge in [0.1, 0.15) is 0 Å². The Morgan fingerprint density at radius 1 is 1.07 bits per heavy atom. The van der Waals surface area contributed by atoms with Gasteiger partial charge in [-0.3, -0.25) is 4.98 Å². The van der Waals surface area contributed by atoms with Crippen molar-refractivity contribution >= 4 is 17.9 Å². The quantitative estimate of drug-likeness (QED) is 0.462. The maximum Gasteiger partial charge on any atom is 0.227 e. The van der Waals surface area contributed by atoms with Crippen LogP contribution in [-0.4, -0.2) is 26.3 Å². The Labute approximate surface area is 172 Å². The molecular weight excluding hydrogens is 362 g/mol. The predicted octanol–water partition coefficient (Wildman–Crippen LogP) is 5.14. The Morgan fingerprint density at radius 2 is 1.90 bits per heavy atom. The van der Waals surface area contributed by atoms with Crippen LogP contribution < -0.4 is 5.32 Å². The highest BCUT2D eigenvalue weighted by atomic mass is 16.3. The molecule has 3 aromatic rings. The standard InChI is InChI=1S/C21H23N5O.C2H6/c1-2-3-5-17-6-4-7-19(24-17)15-8-9-16(13-22)20(12-15)26-21-23-11-10-18(14-27)25-21;1-2/h4,6-13,22,27H,2-3,5,14H2,1H3,(H,23,25,26);1-2H3. The van der Waals surface area contributed by atoms with Gasteiger partial charge in [-0.15, -0.1) is 0 Å². The second kappa shape index (κ2) is 11.7. The predicted molar refractivity (Wildman–Crippen MR) is 119 cm³/mol. The van der Waals surface area contributed by atoms with E-state index in [0.717, 1.165) is 47.5 Å². The van der Waals surface area contributed by atoms with Crippen LogP contribution in [0.2, 0.25) is 0 Å². The van der Waals surface area contributed by atoms with Crippen molar-refractivity contribution in [1.82, 2.24) is 15.0 Å². The van der Waals surface area contributed by atoms with Gasteiger partial charge in [-0.1, -0.05) is 45.4 Å². The fourth-order valence-corrected chi connectivity index (χ4v) is 2.75. The van der Waals surface area contributed by atoms with E-state index in [1.807, 2.05) is 44.2 Å². The van der Waals surface area contributed by atoms with Crippen molar-refractivity contribution in [3.63, 3.8) is 0 Å². The topological polar surface area (TPSA) is 94.8 Å². The lowest BCUT2D eigenvalue weighted by Gasteiger charge is -2.11. The fourth-order valence-electron chi connectivity index (χ4n) is 2.75. The van der Waals surface area contributed by atoms with E-state index in [0.29, 0.717) is 11.6 Å². The van der Waals surface area contributed by atoms with Crippen molar-refractivity contribution in [3.05, 3.63) is 65.6 Å². The van der Waals surface area contributed by atoms with Gasteiger partial charge in [-0.25, -0.2) is 9.97 Å². The third-order valence-corrected chi connectivity index (χ3v) is 4.22. The molecule has 2 heterocycles. The van der Waals surface area contributed by atoms with E-state index < -0.39 is 0 Å². The Hall–Kier alpha value is -3.12. The van der Waals surface area contributed by atoms with Gasteiger partial charge in [-0.05, 0) is 37.1 Å². The summed E-state index contributed by atoms with van der Waals surface area (Å²) in [7, 11) is 0. The molecule has 152 valence electrons. The van der Waals surface area contributed by atoms with E-state index in [2.05, 4.69) is 28.3 Å². The summed E-state index contributed by atoms with van der Waals surface area (Å²) >= 11 is 0. The smallest absolute Gasteiger partial charge is 0.227 e. The minimum absolute atomic E-state index is 0.150. The van der Waals surface area contributed by atoms with Gasteiger partial charge in [0, 0.05) is 29.2 Å². The zero-order valence-corrected chi connectivity index (χ0v) is 17.3. The first kappa shape index (κ1) is 22.2.